The summed E-state index contributed by atoms with van der Waals surface area (Å²) in [5, 5.41) is 11.5. The number of nitrogens with zero attached hydrogens (tertiary/aromatic N) is 3. The van der Waals surface area contributed by atoms with E-state index in [4.69, 9.17) is 0 Å². The third kappa shape index (κ3) is 1.86. The molecule has 0 aromatic carbocycles. The van der Waals surface area contributed by atoms with Gasteiger partial charge in [-0.2, -0.15) is 0 Å². The molecule has 0 bridgehead atoms. The van der Waals surface area contributed by atoms with Crippen molar-refractivity contribution in [1.29, 1.82) is 0 Å². The second-order valence-electron chi connectivity index (χ2n) is 4.40. The molecule has 2 atom stereocenters. The molecule has 0 radical (unpaired) electrons. The molecular formula is C11H19N3O. The van der Waals surface area contributed by atoms with Crippen LogP contribution in [0.4, 0.5) is 0 Å². The van der Waals surface area contributed by atoms with Gasteiger partial charge in [-0.25, -0.2) is 9.66 Å². The van der Waals surface area contributed by atoms with E-state index in [0.29, 0.717) is 12.1 Å². The number of imidazole rings is 1. The molecule has 4 heteroatoms. The Labute approximate surface area is 90.5 Å². The van der Waals surface area contributed by atoms with Gasteiger partial charge in [0.2, 0.25) is 0 Å². The summed E-state index contributed by atoms with van der Waals surface area (Å²) in [6, 6.07) is 1.04. The fraction of sp³-hybridized carbons (Fsp3) is 0.727. The quantitative estimate of drug-likeness (QED) is 0.797. The predicted molar refractivity (Wildman–Crippen MR) is 59.1 cm³/mol. The van der Waals surface area contributed by atoms with Crippen LogP contribution in [0.25, 0.3) is 0 Å². The van der Waals surface area contributed by atoms with Crippen LogP contribution in [-0.2, 0) is 6.61 Å². The largest absolute Gasteiger partial charge is 0.390 e. The summed E-state index contributed by atoms with van der Waals surface area (Å²) in [6.45, 7) is 4.52. The molecule has 0 aliphatic carbocycles. The van der Waals surface area contributed by atoms with Gasteiger partial charge in [-0.15, -0.1) is 0 Å². The van der Waals surface area contributed by atoms with Crippen molar-refractivity contribution >= 4 is 0 Å². The summed E-state index contributed by atoms with van der Waals surface area (Å²) >= 11 is 0. The van der Waals surface area contributed by atoms with Crippen LogP contribution in [0.15, 0.2) is 12.5 Å². The Morgan fingerprint density at radius 1 is 1.40 bits per heavy atom. The minimum Gasteiger partial charge on any atom is -0.390 e. The highest BCUT2D eigenvalue weighted by molar-refractivity contribution is 5.08. The number of hydrogen-bond acceptors (Lipinski definition) is 3. The average molecular weight is 209 g/mol. The number of aliphatic hydroxyl groups is 1. The van der Waals surface area contributed by atoms with Crippen molar-refractivity contribution in [2.45, 2.75) is 51.8 Å². The Morgan fingerprint density at radius 3 is 2.67 bits per heavy atom. The number of hydrogen-bond donors (Lipinski definition) is 1. The van der Waals surface area contributed by atoms with Gasteiger partial charge in [-0.1, -0.05) is 0 Å². The molecule has 2 rings (SSSR count). The monoisotopic (exact) mass is 209 g/mol. The smallest absolute Gasteiger partial charge is 0.115 e. The van der Waals surface area contributed by atoms with Gasteiger partial charge in [0.25, 0.3) is 0 Å². The number of aromatic nitrogens is 2. The predicted octanol–water partition coefficient (Wildman–Crippen LogP) is 1.27. The summed E-state index contributed by atoms with van der Waals surface area (Å²) in [6.07, 6.45) is 7.25. The summed E-state index contributed by atoms with van der Waals surface area (Å²) in [7, 11) is 0. The third-order valence-electron chi connectivity index (χ3n) is 3.25. The van der Waals surface area contributed by atoms with E-state index in [1.807, 2.05) is 4.68 Å². The van der Waals surface area contributed by atoms with Crippen molar-refractivity contribution in [2.24, 2.45) is 0 Å². The lowest BCUT2D eigenvalue weighted by Gasteiger charge is -2.41. The van der Waals surface area contributed by atoms with Crippen molar-refractivity contribution < 1.29 is 5.11 Å². The van der Waals surface area contributed by atoms with Crippen LogP contribution in [-0.4, -0.2) is 26.9 Å². The second kappa shape index (κ2) is 4.23. The Morgan fingerprint density at radius 2 is 2.07 bits per heavy atom. The van der Waals surface area contributed by atoms with Crippen LogP contribution in [0.1, 0.15) is 38.8 Å². The van der Waals surface area contributed by atoms with E-state index in [2.05, 4.69) is 23.8 Å². The fourth-order valence-electron chi connectivity index (χ4n) is 2.47. The van der Waals surface area contributed by atoms with Gasteiger partial charge >= 0.3 is 0 Å². The molecule has 2 heterocycles. The van der Waals surface area contributed by atoms with Gasteiger partial charge in [0.15, 0.2) is 0 Å². The zero-order chi connectivity index (χ0) is 10.8. The molecule has 15 heavy (non-hydrogen) atoms. The average Bonchev–Trinajstić information content (AvgIpc) is 2.65. The van der Waals surface area contributed by atoms with Gasteiger partial charge in [0, 0.05) is 12.1 Å². The van der Waals surface area contributed by atoms with E-state index in [0.717, 1.165) is 5.69 Å². The van der Waals surface area contributed by atoms with Crippen LogP contribution >= 0.6 is 0 Å². The first-order valence-electron chi connectivity index (χ1n) is 5.64. The summed E-state index contributed by atoms with van der Waals surface area (Å²) in [5.41, 5.74) is 0.871. The van der Waals surface area contributed by atoms with E-state index < -0.39 is 0 Å². The highest BCUT2D eigenvalue weighted by Gasteiger charge is 2.25. The summed E-state index contributed by atoms with van der Waals surface area (Å²) < 4.78 is 2.01. The van der Waals surface area contributed by atoms with Crippen molar-refractivity contribution in [3.63, 3.8) is 0 Å². The summed E-state index contributed by atoms with van der Waals surface area (Å²) in [5.74, 6) is 0. The second-order valence-corrected chi connectivity index (χ2v) is 4.40. The Balaban J connectivity index is 2.27. The SMILES string of the molecule is CC1CCCC(C)N1n1cncc1CO. The maximum Gasteiger partial charge on any atom is 0.115 e. The highest BCUT2D eigenvalue weighted by atomic mass is 16.3. The molecule has 1 aliphatic rings. The van der Waals surface area contributed by atoms with Gasteiger partial charge in [0.05, 0.1) is 18.5 Å². The molecule has 1 saturated heterocycles. The topological polar surface area (TPSA) is 41.3 Å². The molecule has 4 nitrogen and oxygen atoms in total. The first kappa shape index (κ1) is 10.5. The number of piperidine rings is 1. The first-order valence-corrected chi connectivity index (χ1v) is 5.64. The molecule has 1 aromatic heterocycles. The van der Waals surface area contributed by atoms with Crippen molar-refractivity contribution in [2.75, 3.05) is 5.01 Å². The molecule has 0 amide bonds. The lowest BCUT2D eigenvalue weighted by molar-refractivity contribution is 0.257. The maximum atomic E-state index is 9.22. The fourth-order valence-corrected chi connectivity index (χ4v) is 2.47. The molecular weight excluding hydrogens is 190 g/mol. The summed E-state index contributed by atoms with van der Waals surface area (Å²) in [4.78, 5) is 4.10. The van der Waals surface area contributed by atoms with Crippen molar-refractivity contribution in [1.82, 2.24) is 9.66 Å². The van der Waals surface area contributed by atoms with E-state index in [9.17, 15) is 5.11 Å². The van der Waals surface area contributed by atoms with Gasteiger partial charge in [-0.3, -0.25) is 0 Å². The van der Waals surface area contributed by atoms with Crippen molar-refractivity contribution in [3.05, 3.63) is 18.2 Å². The minimum absolute atomic E-state index is 0.0515. The van der Waals surface area contributed by atoms with E-state index in [1.54, 1.807) is 12.5 Å². The Kier molecular flexibility index (Phi) is 2.95. The number of rotatable bonds is 2. The van der Waals surface area contributed by atoms with Crippen LogP contribution < -0.4 is 5.01 Å². The maximum absolute atomic E-state index is 9.22. The van der Waals surface area contributed by atoms with E-state index in [-0.39, 0.29) is 6.61 Å². The Bertz CT molecular complexity index is 313. The van der Waals surface area contributed by atoms with E-state index >= 15 is 0 Å². The first-order chi connectivity index (χ1) is 7.24. The molecule has 1 N–H and O–H groups in total. The highest BCUT2D eigenvalue weighted by Crippen LogP contribution is 2.21. The van der Waals surface area contributed by atoms with Crippen LogP contribution in [0, 0.1) is 0 Å². The molecule has 84 valence electrons. The van der Waals surface area contributed by atoms with Crippen LogP contribution in [0.2, 0.25) is 0 Å². The van der Waals surface area contributed by atoms with Crippen molar-refractivity contribution in [3.8, 4) is 0 Å². The minimum atomic E-state index is 0.0515. The normalized spacial score (nSPS) is 27.0. The molecule has 0 spiro atoms. The third-order valence-corrected chi connectivity index (χ3v) is 3.25. The van der Waals surface area contributed by atoms with Crippen LogP contribution in [0.5, 0.6) is 0 Å². The Hall–Kier alpha value is -1.03. The number of aliphatic hydroxyl groups excluding tert-OH is 1. The van der Waals surface area contributed by atoms with Crippen LogP contribution in [0.3, 0.4) is 0 Å². The molecule has 0 saturated carbocycles. The van der Waals surface area contributed by atoms with E-state index in [1.165, 1.54) is 19.3 Å². The zero-order valence-electron chi connectivity index (χ0n) is 9.43. The molecule has 2 unspecified atom stereocenters. The molecule has 1 fully saturated rings. The standard InChI is InChI=1S/C11H19N3O/c1-9-4-3-5-10(2)14(9)13-8-12-6-11(13)7-15/h6,8-10,15H,3-5,7H2,1-2H3. The zero-order valence-corrected chi connectivity index (χ0v) is 9.43. The lowest BCUT2D eigenvalue weighted by Crippen LogP contribution is -2.51. The molecule has 1 aliphatic heterocycles. The van der Waals surface area contributed by atoms with Gasteiger partial charge in [0.1, 0.15) is 6.33 Å². The van der Waals surface area contributed by atoms with Gasteiger partial charge < -0.3 is 10.1 Å². The lowest BCUT2D eigenvalue weighted by atomic mass is 10.00. The van der Waals surface area contributed by atoms with Gasteiger partial charge in [-0.05, 0) is 33.1 Å². The molecule has 1 aromatic rings.